The van der Waals surface area contributed by atoms with E-state index in [2.05, 4.69) is 67.3 Å². The van der Waals surface area contributed by atoms with Gasteiger partial charge in [-0.05, 0) is 45.2 Å². The number of carbonyl (C=O) groups is 1. The van der Waals surface area contributed by atoms with Crippen LogP contribution >= 0.6 is 0 Å². The van der Waals surface area contributed by atoms with Crippen LogP contribution in [0.4, 0.5) is 0 Å². The predicted molar refractivity (Wildman–Crippen MR) is 116 cm³/mol. The topological polar surface area (TPSA) is 29.5 Å². The number of benzene rings is 2. The molecular formula is C25H35NO2. The molecule has 2 aromatic rings. The Hall–Kier alpha value is -2.13. The fourth-order valence-electron chi connectivity index (χ4n) is 3.69. The van der Waals surface area contributed by atoms with E-state index >= 15 is 0 Å². The fraction of sp³-hybridized carbons (Fsp3) is 0.480. The minimum atomic E-state index is -0.473. The van der Waals surface area contributed by atoms with Crippen molar-refractivity contribution in [1.29, 1.82) is 0 Å². The fourth-order valence-corrected chi connectivity index (χ4v) is 3.69. The van der Waals surface area contributed by atoms with E-state index in [1.54, 1.807) is 0 Å². The quantitative estimate of drug-likeness (QED) is 0.525. The average Bonchev–Trinajstić information content (AvgIpc) is 2.67. The van der Waals surface area contributed by atoms with Crippen molar-refractivity contribution in [1.82, 2.24) is 4.90 Å². The monoisotopic (exact) mass is 381 g/mol. The van der Waals surface area contributed by atoms with Crippen molar-refractivity contribution in [2.75, 3.05) is 0 Å². The van der Waals surface area contributed by atoms with Gasteiger partial charge in [-0.1, -0.05) is 74.5 Å². The van der Waals surface area contributed by atoms with Crippen LogP contribution in [-0.4, -0.2) is 22.5 Å². The normalized spacial score (nSPS) is 15.1. The Labute approximate surface area is 170 Å². The first-order valence-electron chi connectivity index (χ1n) is 10.3. The summed E-state index contributed by atoms with van der Waals surface area (Å²) in [6, 6.07) is 21.3. The molecule has 0 heterocycles. The molecule has 3 atom stereocenters. The van der Waals surface area contributed by atoms with E-state index in [4.69, 9.17) is 4.74 Å². The van der Waals surface area contributed by atoms with Gasteiger partial charge in [-0.3, -0.25) is 9.69 Å². The number of hydrogen-bond acceptors (Lipinski definition) is 3. The van der Waals surface area contributed by atoms with E-state index in [1.165, 1.54) is 11.1 Å². The maximum atomic E-state index is 12.8. The molecule has 0 aromatic heterocycles. The second-order valence-corrected chi connectivity index (χ2v) is 8.54. The molecule has 0 spiro atoms. The minimum Gasteiger partial charge on any atom is -0.460 e. The molecular weight excluding hydrogens is 346 g/mol. The lowest BCUT2D eigenvalue weighted by molar-refractivity contribution is -0.162. The van der Waals surface area contributed by atoms with E-state index in [0.29, 0.717) is 0 Å². The molecule has 0 saturated carbocycles. The Kier molecular flexibility index (Phi) is 7.82. The van der Waals surface area contributed by atoms with Crippen LogP contribution in [0.5, 0.6) is 0 Å². The Morgan fingerprint density at radius 1 is 0.964 bits per heavy atom. The molecule has 0 unspecified atom stereocenters. The first-order chi connectivity index (χ1) is 13.2. The zero-order chi connectivity index (χ0) is 20.7. The molecule has 3 nitrogen and oxygen atoms in total. The third kappa shape index (κ3) is 6.20. The lowest BCUT2D eigenvalue weighted by atomic mass is 9.93. The van der Waals surface area contributed by atoms with Gasteiger partial charge in [-0.25, -0.2) is 0 Å². The molecule has 0 bridgehead atoms. The van der Waals surface area contributed by atoms with Crippen molar-refractivity contribution in [3.8, 4) is 0 Å². The van der Waals surface area contributed by atoms with Crippen molar-refractivity contribution < 1.29 is 9.53 Å². The van der Waals surface area contributed by atoms with Gasteiger partial charge in [0.2, 0.25) is 0 Å². The number of carbonyl (C=O) groups excluding carboxylic acids is 1. The highest BCUT2D eigenvalue weighted by Crippen LogP contribution is 2.30. The lowest BCUT2D eigenvalue weighted by Gasteiger charge is -2.39. The maximum Gasteiger partial charge on any atom is 0.310 e. The van der Waals surface area contributed by atoms with Crippen molar-refractivity contribution >= 4 is 5.97 Å². The number of nitrogens with zero attached hydrogens (tertiary/aromatic N) is 1. The molecule has 2 rings (SSSR count). The molecule has 152 valence electrons. The number of esters is 1. The zero-order valence-electron chi connectivity index (χ0n) is 18.2. The molecule has 3 heteroatoms. The molecule has 0 aliphatic rings. The highest BCUT2D eigenvalue weighted by atomic mass is 16.6. The van der Waals surface area contributed by atoms with Gasteiger partial charge >= 0.3 is 5.97 Å². The SMILES string of the molecule is CC[C@H]([C@H](C)C(=O)OC(C)(C)C)N(Cc1ccccc1)[C@H](C)c1ccccc1. The van der Waals surface area contributed by atoms with Crippen LogP contribution in [-0.2, 0) is 16.1 Å². The predicted octanol–water partition coefficient (Wildman–Crippen LogP) is 6.01. The number of hydrogen-bond donors (Lipinski definition) is 0. The van der Waals surface area contributed by atoms with Crippen LogP contribution in [0.3, 0.4) is 0 Å². The summed E-state index contributed by atoms with van der Waals surface area (Å²) in [7, 11) is 0. The third-order valence-corrected chi connectivity index (χ3v) is 5.19. The van der Waals surface area contributed by atoms with Crippen molar-refractivity contribution in [3.05, 3.63) is 71.8 Å². The van der Waals surface area contributed by atoms with Gasteiger partial charge in [-0.2, -0.15) is 0 Å². The van der Waals surface area contributed by atoms with Gasteiger partial charge in [-0.15, -0.1) is 0 Å². The van der Waals surface area contributed by atoms with Crippen LogP contribution in [0.2, 0.25) is 0 Å². The van der Waals surface area contributed by atoms with Crippen LogP contribution < -0.4 is 0 Å². The Morgan fingerprint density at radius 2 is 1.50 bits per heavy atom. The summed E-state index contributed by atoms with van der Waals surface area (Å²) in [6.45, 7) is 12.9. The van der Waals surface area contributed by atoms with E-state index < -0.39 is 5.60 Å². The van der Waals surface area contributed by atoms with Crippen molar-refractivity contribution in [2.24, 2.45) is 5.92 Å². The molecule has 0 aliphatic heterocycles. The highest BCUT2D eigenvalue weighted by Gasteiger charge is 2.34. The molecule has 2 aromatic carbocycles. The largest absolute Gasteiger partial charge is 0.460 e. The number of ether oxygens (including phenoxy) is 1. The standard InChI is InChI=1S/C25H35NO2/c1-7-23(19(2)24(27)28-25(4,5)6)26(18-21-14-10-8-11-15-21)20(3)22-16-12-9-13-17-22/h8-17,19-20,23H,7,18H2,1-6H3/t19-,20+,23+/m0/s1. The summed E-state index contributed by atoms with van der Waals surface area (Å²) in [4.78, 5) is 15.3. The molecule has 0 aliphatic carbocycles. The molecule has 0 N–H and O–H groups in total. The molecule has 0 fully saturated rings. The van der Waals surface area contributed by atoms with Crippen LogP contribution in [0, 0.1) is 5.92 Å². The van der Waals surface area contributed by atoms with Gasteiger partial charge in [0.25, 0.3) is 0 Å². The smallest absolute Gasteiger partial charge is 0.310 e. The maximum absolute atomic E-state index is 12.8. The second-order valence-electron chi connectivity index (χ2n) is 8.54. The number of rotatable bonds is 8. The summed E-state index contributed by atoms with van der Waals surface area (Å²) in [5, 5.41) is 0. The highest BCUT2D eigenvalue weighted by molar-refractivity contribution is 5.73. The molecule has 0 amide bonds. The minimum absolute atomic E-state index is 0.0882. The summed E-state index contributed by atoms with van der Waals surface area (Å²) in [5.41, 5.74) is 2.03. The first-order valence-corrected chi connectivity index (χ1v) is 10.3. The molecule has 28 heavy (non-hydrogen) atoms. The Bertz CT molecular complexity index is 721. The van der Waals surface area contributed by atoms with Gasteiger partial charge in [0.1, 0.15) is 5.60 Å². The summed E-state index contributed by atoms with van der Waals surface area (Å²) >= 11 is 0. The van der Waals surface area contributed by atoms with E-state index in [-0.39, 0.29) is 24.0 Å². The Morgan fingerprint density at radius 3 is 2.00 bits per heavy atom. The van der Waals surface area contributed by atoms with Crippen molar-refractivity contribution in [3.63, 3.8) is 0 Å². The molecule has 0 saturated heterocycles. The lowest BCUT2D eigenvalue weighted by Crippen LogP contribution is -2.44. The van der Waals surface area contributed by atoms with Gasteiger partial charge < -0.3 is 4.74 Å². The summed E-state index contributed by atoms with van der Waals surface area (Å²) in [6.07, 6.45) is 0.879. The first kappa shape index (κ1) is 22.2. The zero-order valence-corrected chi connectivity index (χ0v) is 18.2. The van der Waals surface area contributed by atoms with Gasteiger partial charge in [0.05, 0.1) is 5.92 Å². The van der Waals surface area contributed by atoms with Gasteiger partial charge in [0, 0.05) is 18.6 Å². The van der Waals surface area contributed by atoms with E-state index in [9.17, 15) is 4.79 Å². The van der Waals surface area contributed by atoms with E-state index in [0.717, 1.165) is 13.0 Å². The van der Waals surface area contributed by atoms with E-state index in [1.807, 2.05) is 39.8 Å². The third-order valence-electron chi connectivity index (χ3n) is 5.19. The molecule has 0 radical (unpaired) electrons. The van der Waals surface area contributed by atoms with Gasteiger partial charge in [0.15, 0.2) is 0 Å². The summed E-state index contributed by atoms with van der Waals surface area (Å²) in [5.74, 6) is -0.336. The van der Waals surface area contributed by atoms with Crippen molar-refractivity contribution in [2.45, 2.75) is 72.2 Å². The van der Waals surface area contributed by atoms with Crippen LogP contribution in [0.1, 0.15) is 65.1 Å². The second kappa shape index (κ2) is 9.88. The average molecular weight is 382 g/mol. The van der Waals surface area contributed by atoms with Crippen LogP contribution in [0.25, 0.3) is 0 Å². The summed E-state index contributed by atoms with van der Waals surface area (Å²) < 4.78 is 5.70. The van der Waals surface area contributed by atoms with Crippen LogP contribution in [0.15, 0.2) is 60.7 Å². The Balaban J connectivity index is 2.33.